The van der Waals surface area contributed by atoms with Crippen molar-refractivity contribution in [2.75, 3.05) is 13.6 Å². The largest absolute Gasteiger partial charge is 0.319 e. The van der Waals surface area contributed by atoms with Gasteiger partial charge in [0.2, 0.25) is 5.95 Å². The highest BCUT2D eigenvalue weighted by molar-refractivity contribution is 5.31. The van der Waals surface area contributed by atoms with Gasteiger partial charge in [0.1, 0.15) is 6.33 Å². The highest BCUT2D eigenvalue weighted by Gasteiger charge is 1.97. The van der Waals surface area contributed by atoms with Gasteiger partial charge in [-0.25, -0.2) is 15.0 Å². The Morgan fingerprint density at radius 1 is 1.35 bits per heavy atom. The predicted molar refractivity (Wildman–Crippen MR) is 64.6 cm³/mol. The number of nitrogens with zero attached hydrogens (tertiary/aromatic N) is 4. The van der Waals surface area contributed by atoms with Crippen molar-refractivity contribution in [3.63, 3.8) is 0 Å². The summed E-state index contributed by atoms with van der Waals surface area (Å²) in [4.78, 5) is 12.4. The molecule has 1 N–H and O–H groups in total. The molecule has 0 unspecified atom stereocenters. The van der Waals surface area contributed by atoms with E-state index in [1.54, 1.807) is 35.7 Å². The van der Waals surface area contributed by atoms with Crippen molar-refractivity contribution >= 4 is 0 Å². The fourth-order valence-corrected chi connectivity index (χ4v) is 1.25. The molecule has 0 aliphatic carbocycles. The lowest BCUT2D eigenvalue weighted by molar-refractivity contribution is 0.818. The van der Waals surface area contributed by atoms with E-state index in [1.165, 1.54) is 0 Å². The molecule has 0 aliphatic rings. The molecule has 2 aromatic heterocycles. The number of rotatable bonds is 3. The van der Waals surface area contributed by atoms with Crippen LogP contribution in [-0.4, -0.2) is 33.1 Å². The van der Waals surface area contributed by atoms with E-state index in [-0.39, 0.29) is 0 Å². The zero-order valence-corrected chi connectivity index (χ0v) is 9.59. The molecule has 0 amide bonds. The van der Waals surface area contributed by atoms with Crippen LogP contribution >= 0.6 is 0 Å². The van der Waals surface area contributed by atoms with Gasteiger partial charge in [-0.05, 0) is 7.05 Å². The predicted octanol–water partition coefficient (Wildman–Crippen LogP) is 0.623. The maximum atomic E-state index is 4.21. The Kier molecular flexibility index (Phi) is 3.84. The Morgan fingerprint density at radius 2 is 2.18 bits per heavy atom. The summed E-state index contributed by atoms with van der Waals surface area (Å²) < 4.78 is 1.75. The minimum atomic E-state index is 0.600. The van der Waals surface area contributed by atoms with Crippen LogP contribution in [0.3, 0.4) is 0 Å². The minimum absolute atomic E-state index is 0.600. The fourth-order valence-electron chi connectivity index (χ4n) is 1.25. The first-order valence-corrected chi connectivity index (χ1v) is 5.34. The summed E-state index contributed by atoms with van der Waals surface area (Å²) in [5, 5.41) is 3.04. The number of hydrogen-bond donors (Lipinski definition) is 1. The van der Waals surface area contributed by atoms with E-state index in [1.807, 2.05) is 7.05 Å². The summed E-state index contributed by atoms with van der Waals surface area (Å²) in [5.41, 5.74) is 0.824. The molecule has 0 bridgehead atoms. The number of aromatic nitrogens is 4. The van der Waals surface area contributed by atoms with Crippen LogP contribution in [0, 0.1) is 11.8 Å². The second kappa shape index (κ2) is 5.77. The molecule has 5 heteroatoms. The molecule has 0 saturated carbocycles. The molecule has 0 atom stereocenters. The Labute approximate surface area is 99.9 Å². The Bertz CT molecular complexity index is 504. The van der Waals surface area contributed by atoms with Gasteiger partial charge >= 0.3 is 0 Å². The van der Waals surface area contributed by atoms with E-state index < -0.39 is 0 Å². The summed E-state index contributed by atoms with van der Waals surface area (Å²) in [5.74, 6) is 6.66. The van der Waals surface area contributed by atoms with Crippen molar-refractivity contribution < 1.29 is 0 Å². The smallest absolute Gasteiger partial charge is 0.234 e. The Balaban J connectivity index is 2.05. The third-order valence-corrected chi connectivity index (χ3v) is 2.11. The van der Waals surface area contributed by atoms with Gasteiger partial charge in [-0.2, -0.15) is 0 Å². The summed E-state index contributed by atoms with van der Waals surface area (Å²) in [7, 11) is 1.91. The molecule has 0 aromatic carbocycles. The number of hydrogen-bond acceptors (Lipinski definition) is 4. The highest BCUT2D eigenvalue weighted by atomic mass is 15.2. The molecule has 0 radical (unpaired) electrons. The monoisotopic (exact) mass is 227 g/mol. The van der Waals surface area contributed by atoms with E-state index in [2.05, 4.69) is 32.1 Å². The van der Waals surface area contributed by atoms with Crippen LogP contribution in [0.1, 0.15) is 12.0 Å². The average molecular weight is 227 g/mol. The van der Waals surface area contributed by atoms with Crippen LogP contribution in [0.4, 0.5) is 0 Å². The molecule has 2 aromatic rings. The van der Waals surface area contributed by atoms with Crippen LogP contribution in [-0.2, 0) is 0 Å². The standard InChI is InChI=1S/C12H13N5/c1-13-5-3-2-4-11-8-15-12(16-9-11)17-7-6-14-10-17/h6-10,13H,3,5H2,1H3. The van der Waals surface area contributed by atoms with E-state index in [0.717, 1.165) is 18.5 Å². The van der Waals surface area contributed by atoms with Crippen LogP contribution < -0.4 is 5.32 Å². The summed E-state index contributed by atoms with van der Waals surface area (Å²) in [6.07, 6.45) is 9.40. The van der Waals surface area contributed by atoms with Gasteiger partial charge in [-0.3, -0.25) is 4.57 Å². The Morgan fingerprint density at radius 3 is 2.82 bits per heavy atom. The normalized spacial score (nSPS) is 9.71. The molecule has 0 saturated heterocycles. The number of nitrogens with one attached hydrogen (secondary N) is 1. The highest BCUT2D eigenvalue weighted by Crippen LogP contribution is 1.99. The molecular weight excluding hydrogens is 214 g/mol. The fraction of sp³-hybridized carbons (Fsp3) is 0.250. The lowest BCUT2D eigenvalue weighted by atomic mass is 10.3. The van der Waals surface area contributed by atoms with Crippen molar-refractivity contribution in [3.05, 3.63) is 36.7 Å². The van der Waals surface area contributed by atoms with Crippen molar-refractivity contribution in [3.8, 4) is 17.8 Å². The van der Waals surface area contributed by atoms with Gasteiger partial charge in [0.05, 0.1) is 5.56 Å². The Hall–Kier alpha value is -2.19. The van der Waals surface area contributed by atoms with Gasteiger partial charge in [-0.15, -0.1) is 0 Å². The first-order chi connectivity index (χ1) is 8.40. The van der Waals surface area contributed by atoms with Crippen LogP contribution in [0.15, 0.2) is 31.1 Å². The molecule has 5 nitrogen and oxygen atoms in total. The van der Waals surface area contributed by atoms with E-state index in [9.17, 15) is 0 Å². The van der Waals surface area contributed by atoms with E-state index in [4.69, 9.17) is 0 Å². The lowest BCUT2D eigenvalue weighted by Gasteiger charge is -1.98. The van der Waals surface area contributed by atoms with Crippen LogP contribution in [0.25, 0.3) is 5.95 Å². The van der Waals surface area contributed by atoms with Crippen LogP contribution in [0.5, 0.6) is 0 Å². The van der Waals surface area contributed by atoms with Gasteiger partial charge in [0.25, 0.3) is 0 Å². The second-order valence-corrected chi connectivity index (χ2v) is 3.40. The topological polar surface area (TPSA) is 55.6 Å². The first kappa shape index (κ1) is 11.3. The first-order valence-electron chi connectivity index (χ1n) is 5.34. The molecule has 0 spiro atoms. The maximum Gasteiger partial charge on any atom is 0.234 e. The minimum Gasteiger partial charge on any atom is -0.319 e. The van der Waals surface area contributed by atoms with Gasteiger partial charge in [0.15, 0.2) is 0 Å². The summed E-state index contributed by atoms with van der Waals surface area (Å²) in [6.45, 7) is 0.890. The average Bonchev–Trinajstić information content (AvgIpc) is 2.89. The molecule has 17 heavy (non-hydrogen) atoms. The molecule has 2 rings (SSSR count). The van der Waals surface area contributed by atoms with E-state index in [0.29, 0.717) is 5.95 Å². The SMILES string of the molecule is CNCCC#Cc1cnc(-n2ccnc2)nc1. The van der Waals surface area contributed by atoms with Crippen LogP contribution in [0.2, 0.25) is 0 Å². The lowest BCUT2D eigenvalue weighted by Crippen LogP contribution is -2.05. The van der Waals surface area contributed by atoms with Crippen molar-refractivity contribution in [2.24, 2.45) is 0 Å². The molecule has 86 valence electrons. The van der Waals surface area contributed by atoms with Gasteiger partial charge in [0, 0.05) is 37.8 Å². The third kappa shape index (κ3) is 3.13. The molecule has 0 aliphatic heterocycles. The van der Waals surface area contributed by atoms with Crippen molar-refractivity contribution in [1.29, 1.82) is 0 Å². The van der Waals surface area contributed by atoms with Crippen molar-refractivity contribution in [1.82, 2.24) is 24.8 Å². The third-order valence-electron chi connectivity index (χ3n) is 2.11. The number of imidazole rings is 1. The second-order valence-electron chi connectivity index (χ2n) is 3.40. The van der Waals surface area contributed by atoms with Crippen molar-refractivity contribution in [2.45, 2.75) is 6.42 Å². The summed E-state index contributed by atoms with van der Waals surface area (Å²) in [6, 6.07) is 0. The van der Waals surface area contributed by atoms with Gasteiger partial charge < -0.3 is 5.32 Å². The zero-order chi connectivity index (χ0) is 11.9. The van der Waals surface area contributed by atoms with Gasteiger partial charge in [-0.1, -0.05) is 11.8 Å². The molecule has 0 fully saturated rings. The van der Waals surface area contributed by atoms with E-state index >= 15 is 0 Å². The molecular formula is C12H13N5. The quantitative estimate of drug-likeness (QED) is 0.617. The maximum absolute atomic E-state index is 4.21. The summed E-state index contributed by atoms with van der Waals surface area (Å²) >= 11 is 0. The molecule has 2 heterocycles. The zero-order valence-electron chi connectivity index (χ0n) is 9.59.